The Kier molecular flexibility index (Phi) is 2.33. The van der Waals surface area contributed by atoms with E-state index in [1.165, 1.54) is 11.3 Å². The zero-order valence-electron chi connectivity index (χ0n) is 10.4. The first-order valence-corrected chi connectivity index (χ1v) is 7.12. The zero-order chi connectivity index (χ0) is 13.9. The molecule has 1 aromatic carbocycles. The van der Waals surface area contributed by atoms with Crippen LogP contribution < -0.4 is 5.49 Å². The van der Waals surface area contributed by atoms with Crippen molar-refractivity contribution in [3.63, 3.8) is 0 Å². The molecular weight excluding hydrogens is 294 g/mol. The molecule has 0 unspecified atom stereocenters. The second-order valence-electron chi connectivity index (χ2n) is 4.49. The SMILES string of the molecule is Cc1nnc2sc3nc4cc(Cl)ccc4cc3c(=N)n12. The summed E-state index contributed by atoms with van der Waals surface area (Å²) in [5.74, 6) is 0.708. The van der Waals surface area contributed by atoms with E-state index in [1.54, 1.807) is 4.40 Å². The van der Waals surface area contributed by atoms with Gasteiger partial charge in [0, 0.05) is 10.4 Å². The molecule has 98 valence electrons. The number of aryl methyl sites for hydroxylation is 1. The van der Waals surface area contributed by atoms with Gasteiger partial charge in [-0.15, -0.1) is 10.2 Å². The first-order valence-electron chi connectivity index (χ1n) is 5.93. The number of hydrogen-bond acceptors (Lipinski definition) is 5. The van der Waals surface area contributed by atoms with Crippen LogP contribution in [0, 0.1) is 12.3 Å². The summed E-state index contributed by atoms with van der Waals surface area (Å²) in [7, 11) is 0. The third-order valence-corrected chi connectivity index (χ3v) is 4.39. The predicted octanol–water partition coefficient (Wildman–Crippen LogP) is 2.93. The quantitative estimate of drug-likeness (QED) is 0.508. The molecule has 5 nitrogen and oxygen atoms in total. The van der Waals surface area contributed by atoms with Crippen molar-refractivity contribution in [2.24, 2.45) is 0 Å². The van der Waals surface area contributed by atoms with Crippen molar-refractivity contribution >= 4 is 49.0 Å². The molecule has 0 aliphatic rings. The van der Waals surface area contributed by atoms with Gasteiger partial charge < -0.3 is 0 Å². The standard InChI is InChI=1S/C13H8ClN5S/c1-6-17-18-13-19(6)11(15)9-4-7-2-3-8(14)5-10(7)16-12(9)20-13/h2-5,15H,1H3. The second-order valence-corrected chi connectivity index (χ2v) is 5.89. The number of aromatic nitrogens is 4. The van der Waals surface area contributed by atoms with Crippen LogP contribution in [-0.2, 0) is 0 Å². The summed E-state index contributed by atoms with van der Waals surface area (Å²) in [6, 6.07) is 7.53. The van der Waals surface area contributed by atoms with Crippen molar-refractivity contribution in [3.8, 4) is 0 Å². The molecule has 0 saturated carbocycles. The Morgan fingerprint density at radius 1 is 1.25 bits per heavy atom. The number of hydrogen-bond donors (Lipinski definition) is 1. The third kappa shape index (κ3) is 1.55. The molecule has 0 aliphatic carbocycles. The van der Waals surface area contributed by atoms with Crippen molar-refractivity contribution < 1.29 is 0 Å². The van der Waals surface area contributed by atoms with Crippen molar-refractivity contribution in [2.75, 3.05) is 0 Å². The van der Waals surface area contributed by atoms with E-state index < -0.39 is 0 Å². The summed E-state index contributed by atoms with van der Waals surface area (Å²) in [6.07, 6.45) is 0. The monoisotopic (exact) mass is 301 g/mol. The normalized spacial score (nSPS) is 11.7. The molecule has 4 aromatic rings. The summed E-state index contributed by atoms with van der Waals surface area (Å²) < 4.78 is 1.73. The fourth-order valence-electron chi connectivity index (χ4n) is 2.24. The van der Waals surface area contributed by atoms with Crippen LogP contribution in [0.15, 0.2) is 24.3 Å². The number of benzene rings is 1. The smallest absolute Gasteiger partial charge is 0.219 e. The molecule has 3 aromatic heterocycles. The van der Waals surface area contributed by atoms with Gasteiger partial charge in [0.05, 0.1) is 10.9 Å². The van der Waals surface area contributed by atoms with Crippen LogP contribution in [0.2, 0.25) is 5.02 Å². The van der Waals surface area contributed by atoms with Crippen LogP contribution in [0.4, 0.5) is 0 Å². The molecular formula is C13H8ClN5S. The Bertz CT molecular complexity index is 1050. The van der Waals surface area contributed by atoms with Gasteiger partial charge in [0.15, 0.2) is 0 Å². The first kappa shape index (κ1) is 11.7. The van der Waals surface area contributed by atoms with E-state index >= 15 is 0 Å². The minimum absolute atomic E-state index is 0.362. The van der Waals surface area contributed by atoms with E-state index in [2.05, 4.69) is 15.2 Å². The van der Waals surface area contributed by atoms with Gasteiger partial charge in [-0.3, -0.25) is 9.81 Å². The Labute approximate surface area is 122 Å². The maximum atomic E-state index is 8.33. The lowest BCUT2D eigenvalue weighted by Crippen LogP contribution is -2.13. The number of pyridine rings is 1. The lowest BCUT2D eigenvalue weighted by molar-refractivity contribution is 0.956. The van der Waals surface area contributed by atoms with Gasteiger partial charge >= 0.3 is 0 Å². The van der Waals surface area contributed by atoms with Gasteiger partial charge in [-0.25, -0.2) is 4.98 Å². The fourth-order valence-corrected chi connectivity index (χ4v) is 3.39. The second kappa shape index (κ2) is 3.97. The maximum absolute atomic E-state index is 8.33. The van der Waals surface area contributed by atoms with Crippen molar-refractivity contribution in [2.45, 2.75) is 6.92 Å². The van der Waals surface area contributed by atoms with Gasteiger partial charge in [0.1, 0.15) is 16.1 Å². The Hall–Kier alpha value is -2.05. The molecule has 0 saturated heterocycles. The highest BCUT2D eigenvalue weighted by Gasteiger charge is 2.10. The van der Waals surface area contributed by atoms with E-state index in [4.69, 9.17) is 17.0 Å². The van der Waals surface area contributed by atoms with Crippen LogP contribution in [0.3, 0.4) is 0 Å². The molecule has 4 rings (SSSR count). The van der Waals surface area contributed by atoms with E-state index in [1.807, 2.05) is 31.2 Å². The number of nitrogens with one attached hydrogen (secondary N) is 1. The summed E-state index contributed by atoms with van der Waals surface area (Å²) in [5, 5.41) is 18.8. The maximum Gasteiger partial charge on any atom is 0.219 e. The molecule has 0 atom stereocenters. The highest BCUT2D eigenvalue weighted by Crippen LogP contribution is 2.24. The molecule has 0 amide bonds. The van der Waals surface area contributed by atoms with Crippen LogP contribution in [0.5, 0.6) is 0 Å². The third-order valence-electron chi connectivity index (χ3n) is 3.21. The topological polar surface area (TPSA) is 66.9 Å². The zero-order valence-corrected chi connectivity index (χ0v) is 12.0. The molecule has 0 bridgehead atoms. The summed E-state index contributed by atoms with van der Waals surface area (Å²) in [4.78, 5) is 6.03. The van der Waals surface area contributed by atoms with Crippen LogP contribution >= 0.6 is 22.9 Å². The van der Waals surface area contributed by atoms with E-state index in [-0.39, 0.29) is 0 Å². The van der Waals surface area contributed by atoms with Gasteiger partial charge in [0.25, 0.3) is 0 Å². The average molecular weight is 302 g/mol. The number of halogens is 1. The molecule has 0 radical (unpaired) electrons. The van der Waals surface area contributed by atoms with Crippen molar-refractivity contribution in [3.05, 3.63) is 40.6 Å². The highest BCUT2D eigenvalue weighted by atomic mass is 35.5. The van der Waals surface area contributed by atoms with Gasteiger partial charge in [0.2, 0.25) is 4.96 Å². The lowest BCUT2D eigenvalue weighted by atomic mass is 10.2. The number of nitrogens with zero attached hydrogens (tertiary/aromatic N) is 4. The first-order chi connectivity index (χ1) is 9.63. The molecule has 0 fully saturated rings. The van der Waals surface area contributed by atoms with Crippen LogP contribution in [0.25, 0.3) is 26.1 Å². The molecule has 7 heteroatoms. The van der Waals surface area contributed by atoms with E-state index in [0.29, 0.717) is 21.3 Å². The van der Waals surface area contributed by atoms with Crippen molar-refractivity contribution in [1.29, 1.82) is 5.41 Å². The highest BCUT2D eigenvalue weighted by molar-refractivity contribution is 7.22. The Balaban J connectivity index is 2.26. The van der Waals surface area contributed by atoms with Gasteiger partial charge in [-0.1, -0.05) is 29.0 Å². The average Bonchev–Trinajstić information content (AvgIpc) is 2.79. The van der Waals surface area contributed by atoms with E-state index in [9.17, 15) is 0 Å². The summed E-state index contributed by atoms with van der Waals surface area (Å²) in [6.45, 7) is 1.84. The van der Waals surface area contributed by atoms with E-state index in [0.717, 1.165) is 21.1 Å². The lowest BCUT2D eigenvalue weighted by Gasteiger charge is -2.03. The molecule has 3 heterocycles. The molecule has 0 aliphatic heterocycles. The Morgan fingerprint density at radius 3 is 2.95 bits per heavy atom. The number of fused-ring (bicyclic) bond motifs is 3. The largest absolute Gasteiger partial charge is 0.283 e. The van der Waals surface area contributed by atoms with Crippen LogP contribution in [-0.4, -0.2) is 19.6 Å². The molecule has 0 spiro atoms. The molecule has 1 N–H and O–H groups in total. The summed E-state index contributed by atoms with van der Waals surface area (Å²) in [5.41, 5.74) is 1.18. The van der Waals surface area contributed by atoms with Gasteiger partial charge in [-0.05, 0) is 25.1 Å². The van der Waals surface area contributed by atoms with Crippen LogP contribution in [0.1, 0.15) is 5.82 Å². The predicted molar refractivity (Wildman–Crippen MR) is 79.3 cm³/mol. The minimum atomic E-state index is 0.362. The summed E-state index contributed by atoms with van der Waals surface area (Å²) >= 11 is 7.42. The minimum Gasteiger partial charge on any atom is -0.283 e. The number of rotatable bonds is 0. The fraction of sp³-hybridized carbons (Fsp3) is 0.0769. The van der Waals surface area contributed by atoms with Gasteiger partial charge in [-0.2, -0.15) is 0 Å². The molecule has 20 heavy (non-hydrogen) atoms. The Morgan fingerprint density at radius 2 is 2.10 bits per heavy atom. The van der Waals surface area contributed by atoms with Crippen molar-refractivity contribution in [1.82, 2.24) is 19.6 Å².